The molecule has 3 aromatic carbocycles. The maximum Gasteiger partial charge on any atom is 0.276 e. The van der Waals surface area contributed by atoms with Crippen molar-refractivity contribution in [2.75, 3.05) is 12.4 Å². The molecular formula is C20H17FN2O3S. The number of hydrogen-bond acceptors (Lipinski definition) is 4. The zero-order valence-electron chi connectivity index (χ0n) is 14.3. The number of rotatable bonds is 6. The van der Waals surface area contributed by atoms with E-state index in [1.54, 1.807) is 6.07 Å². The largest absolute Gasteiger partial charge is 0.481 e. The van der Waals surface area contributed by atoms with E-state index in [1.165, 1.54) is 30.0 Å². The van der Waals surface area contributed by atoms with Crippen LogP contribution in [0.15, 0.2) is 71.6 Å². The zero-order chi connectivity index (χ0) is 19.1. The molecule has 0 fully saturated rings. The van der Waals surface area contributed by atoms with E-state index in [0.29, 0.717) is 0 Å². The fourth-order valence-electron chi connectivity index (χ4n) is 2.32. The molecule has 0 unspecified atom stereocenters. The highest BCUT2D eigenvalue weighted by atomic mass is 32.2. The van der Waals surface area contributed by atoms with Crippen LogP contribution in [-0.2, 0) is 9.59 Å². The first-order valence-corrected chi connectivity index (χ1v) is 9.17. The predicted octanol–water partition coefficient (Wildman–Crippen LogP) is 3.30. The van der Waals surface area contributed by atoms with Crippen LogP contribution >= 0.6 is 11.8 Å². The number of carbonyl (C=O) groups is 2. The second-order valence-electron chi connectivity index (χ2n) is 5.61. The Hall–Kier alpha value is -3.06. The third kappa shape index (κ3) is 5.46. The third-order valence-electron chi connectivity index (χ3n) is 3.63. The number of hydrazine groups is 1. The van der Waals surface area contributed by atoms with Crippen molar-refractivity contribution in [3.63, 3.8) is 0 Å². The summed E-state index contributed by atoms with van der Waals surface area (Å²) in [6.07, 6.45) is 0. The summed E-state index contributed by atoms with van der Waals surface area (Å²) in [5.41, 5.74) is 4.55. The number of para-hydroxylation sites is 1. The van der Waals surface area contributed by atoms with Crippen LogP contribution in [0.1, 0.15) is 0 Å². The van der Waals surface area contributed by atoms with Crippen molar-refractivity contribution in [2.45, 2.75) is 4.90 Å². The minimum Gasteiger partial charge on any atom is -0.481 e. The van der Waals surface area contributed by atoms with E-state index in [2.05, 4.69) is 10.9 Å². The third-order valence-corrected chi connectivity index (χ3v) is 4.62. The van der Waals surface area contributed by atoms with Crippen molar-refractivity contribution in [1.82, 2.24) is 10.9 Å². The second kappa shape index (κ2) is 9.05. The van der Waals surface area contributed by atoms with Gasteiger partial charge in [0.25, 0.3) is 5.91 Å². The summed E-state index contributed by atoms with van der Waals surface area (Å²) in [6.45, 7) is -0.404. The van der Waals surface area contributed by atoms with Crippen LogP contribution in [0, 0.1) is 5.82 Å². The molecule has 0 radical (unpaired) electrons. The molecule has 138 valence electrons. The topological polar surface area (TPSA) is 67.4 Å². The molecule has 0 aromatic heterocycles. The molecule has 2 amide bonds. The van der Waals surface area contributed by atoms with Crippen molar-refractivity contribution in [3.8, 4) is 5.75 Å². The number of benzene rings is 3. The van der Waals surface area contributed by atoms with Gasteiger partial charge in [-0.1, -0.05) is 42.5 Å². The summed E-state index contributed by atoms with van der Waals surface area (Å²) in [6, 6.07) is 19.7. The summed E-state index contributed by atoms with van der Waals surface area (Å²) in [5, 5.41) is 2.23. The van der Waals surface area contributed by atoms with Gasteiger partial charge in [0.2, 0.25) is 5.91 Å². The average molecular weight is 384 g/mol. The van der Waals surface area contributed by atoms with Gasteiger partial charge in [0.1, 0.15) is 0 Å². The Morgan fingerprint density at radius 2 is 1.59 bits per heavy atom. The minimum absolute atomic E-state index is 0.0224. The smallest absolute Gasteiger partial charge is 0.276 e. The molecular weight excluding hydrogens is 367 g/mol. The number of hydrogen-bond donors (Lipinski definition) is 2. The lowest BCUT2D eigenvalue weighted by atomic mass is 10.1. The van der Waals surface area contributed by atoms with Crippen molar-refractivity contribution >= 4 is 34.3 Å². The van der Waals surface area contributed by atoms with Gasteiger partial charge in [0.05, 0.1) is 5.75 Å². The standard InChI is InChI=1S/C20H17FN2O3S/c21-17-7-3-4-8-18(17)26-12-19(24)22-23-20(25)13-27-16-10-9-14-5-1-2-6-15(14)11-16/h1-11H,12-13H2,(H,22,24)(H,23,25). The highest BCUT2D eigenvalue weighted by molar-refractivity contribution is 8.00. The van der Waals surface area contributed by atoms with Gasteiger partial charge in [-0.25, -0.2) is 4.39 Å². The molecule has 3 aromatic rings. The van der Waals surface area contributed by atoms with Crippen molar-refractivity contribution in [2.24, 2.45) is 0 Å². The van der Waals surface area contributed by atoms with Crippen LogP contribution in [0.2, 0.25) is 0 Å². The molecule has 7 heteroatoms. The predicted molar refractivity (Wildman–Crippen MR) is 103 cm³/mol. The lowest BCUT2D eigenvalue weighted by Gasteiger charge is -2.09. The van der Waals surface area contributed by atoms with Crippen LogP contribution < -0.4 is 15.6 Å². The summed E-state index contributed by atoms with van der Waals surface area (Å²) < 4.78 is 18.4. The first-order chi connectivity index (χ1) is 13.1. The molecule has 5 nitrogen and oxygen atoms in total. The minimum atomic E-state index is -0.581. The van der Waals surface area contributed by atoms with Gasteiger partial charge >= 0.3 is 0 Å². The van der Waals surface area contributed by atoms with E-state index in [1.807, 2.05) is 42.5 Å². The van der Waals surface area contributed by atoms with Gasteiger partial charge in [-0.3, -0.25) is 20.4 Å². The molecule has 0 aliphatic carbocycles. The van der Waals surface area contributed by atoms with E-state index in [4.69, 9.17) is 4.74 Å². The van der Waals surface area contributed by atoms with Crippen molar-refractivity contribution in [1.29, 1.82) is 0 Å². The average Bonchev–Trinajstić information content (AvgIpc) is 2.70. The lowest BCUT2D eigenvalue weighted by Crippen LogP contribution is -2.44. The number of ether oxygens (including phenoxy) is 1. The molecule has 0 atom stereocenters. The highest BCUT2D eigenvalue weighted by Crippen LogP contribution is 2.23. The summed E-state index contributed by atoms with van der Waals surface area (Å²) >= 11 is 1.36. The molecule has 0 saturated heterocycles. The Labute approximate surface area is 159 Å². The van der Waals surface area contributed by atoms with Gasteiger partial charge in [0, 0.05) is 4.90 Å². The summed E-state index contributed by atoms with van der Waals surface area (Å²) in [5.74, 6) is -1.37. The van der Waals surface area contributed by atoms with Gasteiger partial charge in [-0.05, 0) is 35.0 Å². The Morgan fingerprint density at radius 1 is 0.889 bits per heavy atom. The number of fused-ring (bicyclic) bond motifs is 1. The second-order valence-corrected chi connectivity index (χ2v) is 6.66. The first-order valence-electron chi connectivity index (χ1n) is 8.18. The first kappa shape index (κ1) is 18.7. The van der Waals surface area contributed by atoms with E-state index < -0.39 is 18.3 Å². The molecule has 27 heavy (non-hydrogen) atoms. The van der Waals surface area contributed by atoms with Crippen LogP contribution in [0.5, 0.6) is 5.75 Å². The molecule has 0 saturated carbocycles. The van der Waals surface area contributed by atoms with Crippen LogP contribution in [0.3, 0.4) is 0 Å². The maximum absolute atomic E-state index is 13.4. The number of nitrogens with one attached hydrogen (secondary N) is 2. The zero-order valence-corrected chi connectivity index (χ0v) is 15.1. The van der Waals surface area contributed by atoms with Crippen molar-refractivity contribution < 1.29 is 18.7 Å². The van der Waals surface area contributed by atoms with Crippen LogP contribution in [0.4, 0.5) is 4.39 Å². The normalized spacial score (nSPS) is 10.4. The molecule has 0 aliphatic heterocycles. The Kier molecular flexibility index (Phi) is 6.27. The lowest BCUT2D eigenvalue weighted by molar-refractivity contribution is -0.128. The molecule has 0 bridgehead atoms. The summed E-state index contributed by atoms with van der Waals surface area (Å²) in [7, 11) is 0. The fraction of sp³-hybridized carbons (Fsp3) is 0.100. The number of amides is 2. The summed E-state index contributed by atoms with van der Waals surface area (Å²) in [4.78, 5) is 24.5. The van der Waals surface area contributed by atoms with Crippen LogP contribution in [0.25, 0.3) is 10.8 Å². The van der Waals surface area contributed by atoms with Crippen LogP contribution in [-0.4, -0.2) is 24.2 Å². The van der Waals surface area contributed by atoms with E-state index in [0.717, 1.165) is 15.7 Å². The van der Waals surface area contributed by atoms with E-state index in [-0.39, 0.29) is 17.4 Å². The molecule has 2 N–H and O–H groups in total. The van der Waals surface area contributed by atoms with Gasteiger partial charge in [-0.15, -0.1) is 11.8 Å². The molecule has 0 spiro atoms. The van der Waals surface area contributed by atoms with Crippen molar-refractivity contribution in [3.05, 3.63) is 72.5 Å². The number of carbonyl (C=O) groups excluding carboxylic acids is 2. The molecule has 0 heterocycles. The Morgan fingerprint density at radius 3 is 2.41 bits per heavy atom. The van der Waals surface area contributed by atoms with Gasteiger partial charge < -0.3 is 4.74 Å². The van der Waals surface area contributed by atoms with Gasteiger partial charge in [-0.2, -0.15) is 0 Å². The Bertz CT molecular complexity index is 965. The molecule has 0 aliphatic rings. The SMILES string of the molecule is O=C(COc1ccccc1F)NNC(=O)CSc1ccc2ccccc2c1. The monoisotopic (exact) mass is 384 g/mol. The highest BCUT2D eigenvalue weighted by Gasteiger charge is 2.08. The number of thioether (sulfide) groups is 1. The quantitative estimate of drug-likeness (QED) is 0.506. The Balaban J connectivity index is 1.41. The van der Waals surface area contributed by atoms with E-state index >= 15 is 0 Å². The maximum atomic E-state index is 13.4. The number of halogens is 1. The van der Waals surface area contributed by atoms with E-state index in [9.17, 15) is 14.0 Å². The van der Waals surface area contributed by atoms with Gasteiger partial charge in [0.15, 0.2) is 18.2 Å². The fourth-order valence-corrected chi connectivity index (χ4v) is 3.07. The molecule has 3 rings (SSSR count).